The first kappa shape index (κ1) is 22.1. The van der Waals surface area contributed by atoms with E-state index >= 15 is 0 Å². The Bertz CT molecular complexity index is 927. The molecule has 1 aromatic heterocycles. The number of methoxy groups -OCH3 is 2. The second kappa shape index (κ2) is 9.92. The molecule has 30 heavy (non-hydrogen) atoms. The summed E-state index contributed by atoms with van der Waals surface area (Å²) in [6.45, 7) is 4.48. The van der Waals surface area contributed by atoms with E-state index in [1.54, 1.807) is 14.2 Å². The van der Waals surface area contributed by atoms with Crippen molar-refractivity contribution in [1.82, 2.24) is 5.32 Å². The van der Waals surface area contributed by atoms with Crippen LogP contribution >= 0.6 is 0 Å². The predicted molar refractivity (Wildman–Crippen MR) is 119 cm³/mol. The summed E-state index contributed by atoms with van der Waals surface area (Å²) in [6, 6.07) is 18.2. The van der Waals surface area contributed by atoms with Gasteiger partial charge in [-0.3, -0.25) is 4.79 Å². The smallest absolute Gasteiger partial charge is 0.256 e. The molecule has 1 amide bonds. The molecular formula is C25H31NO4. The third kappa shape index (κ3) is 5.49. The Morgan fingerprint density at radius 2 is 1.63 bits per heavy atom. The Labute approximate surface area is 178 Å². The van der Waals surface area contributed by atoms with Crippen LogP contribution in [0.25, 0.3) is 11.0 Å². The van der Waals surface area contributed by atoms with Crippen LogP contribution < -0.4 is 5.32 Å². The lowest BCUT2D eigenvalue weighted by Gasteiger charge is -2.29. The van der Waals surface area contributed by atoms with Gasteiger partial charge in [0.05, 0.1) is 24.3 Å². The molecule has 2 aromatic carbocycles. The molecule has 1 saturated carbocycles. The largest absolute Gasteiger partial charge is 0.461 e. The van der Waals surface area contributed by atoms with Gasteiger partial charge >= 0.3 is 0 Å². The molecule has 3 aromatic rings. The van der Waals surface area contributed by atoms with Gasteiger partial charge in [0.2, 0.25) is 0 Å². The van der Waals surface area contributed by atoms with Gasteiger partial charge in [-0.05, 0) is 50.3 Å². The average molecular weight is 410 g/mol. The van der Waals surface area contributed by atoms with E-state index in [1.165, 1.54) is 18.4 Å². The number of rotatable bonds is 7. The highest BCUT2D eigenvalue weighted by atomic mass is 16.5. The maximum absolute atomic E-state index is 12.9. The van der Waals surface area contributed by atoms with Crippen LogP contribution in [0.3, 0.4) is 0 Å². The molecule has 0 saturated heterocycles. The van der Waals surface area contributed by atoms with E-state index in [4.69, 9.17) is 13.9 Å². The number of benzene rings is 2. The summed E-state index contributed by atoms with van der Waals surface area (Å²) in [4.78, 5) is 12.9. The number of amides is 1. The van der Waals surface area contributed by atoms with Gasteiger partial charge in [-0.1, -0.05) is 42.5 Å². The summed E-state index contributed by atoms with van der Waals surface area (Å²) < 4.78 is 16.3. The molecular weight excluding hydrogens is 378 g/mol. The van der Waals surface area contributed by atoms with Crippen LogP contribution in [-0.2, 0) is 9.47 Å². The molecule has 0 bridgehead atoms. The van der Waals surface area contributed by atoms with Crippen molar-refractivity contribution in [2.75, 3.05) is 27.4 Å². The van der Waals surface area contributed by atoms with Crippen LogP contribution in [0.5, 0.6) is 0 Å². The van der Waals surface area contributed by atoms with Gasteiger partial charge in [-0.2, -0.15) is 0 Å². The average Bonchev–Trinajstić information content (AvgIpc) is 3.51. The number of carbonyl (C=O) groups is 1. The molecule has 0 radical (unpaired) electrons. The first-order valence-corrected chi connectivity index (χ1v) is 10.3. The standard InChI is InChI=1S/C19H25NO4.C6H6/c1-12-17(18(21)20-19(2,10-22-3)11-23-4)15-9-14(13-5-6-13)7-8-16(15)24-12;1-2-4-6-5-3-1/h7-9,13H,5-6,10-11H2,1-4H3,(H,20,21);1-6H. The van der Waals surface area contributed by atoms with E-state index in [-0.39, 0.29) is 5.91 Å². The van der Waals surface area contributed by atoms with Crippen LogP contribution in [0.4, 0.5) is 0 Å². The molecule has 0 unspecified atom stereocenters. The minimum atomic E-state index is -0.593. The molecule has 0 spiro atoms. The van der Waals surface area contributed by atoms with Crippen LogP contribution in [0.2, 0.25) is 0 Å². The molecule has 160 valence electrons. The van der Waals surface area contributed by atoms with Crippen molar-refractivity contribution in [2.45, 2.75) is 38.1 Å². The first-order valence-electron chi connectivity index (χ1n) is 10.3. The second-order valence-electron chi connectivity index (χ2n) is 8.10. The van der Waals surface area contributed by atoms with Gasteiger partial charge in [0, 0.05) is 19.6 Å². The topological polar surface area (TPSA) is 60.7 Å². The van der Waals surface area contributed by atoms with E-state index in [9.17, 15) is 4.79 Å². The Balaban J connectivity index is 0.000000367. The van der Waals surface area contributed by atoms with Crippen molar-refractivity contribution < 1.29 is 18.7 Å². The molecule has 4 rings (SSSR count). The molecule has 1 heterocycles. The lowest BCUT2D eigenvalue weighted by molar-refractivity contribution is 0.0457. The van der Waals surface area contributed by atoms with Crippen molar-refractivity contribution >= 4 is 16.9 Å². The molecule has 5 heteroatoms. The molecule has 1 N–H and O–H groups in total. The number of carbonyl (C=O) groups excluding carboxylic acids is 1. The van der Waals surface area contributed by atoms with Gasteiger partial charge in [-0.15, -0.1) is 0 Å². The number of hydrogen-bond acceptors (Lipinski definition) is 4. The molecule has 1 fully saturated rings. The minimum absolute atomic E-state index is 0.157. The lowest BCUT2D eigenvalue weighted by Crippen LogP contribution is -2.52. The van der Waals surface area contributed by atoms with Crippen LogP contribution in [0.15, 0.2) is 59.0 Å². The summed E-state index contributed by atoms with van der Waals surface area (Å²) in [5.74, 6) is 1.11. The molecule has 0 aliphatic heterocycles. The third-order valence-electron chi connectivity index (χ3n) is 5.17. The van der Waals surface area contributed by atoms with Crippen molar-refractivity contribution in [3.63, 3.8) is 0 Å². The van der Waals surface area contributed by atoms with E-state index in [2.05, 4.69) is 17.4 Å². The minimum Gasteiger partial charge on any atom is -0.461 e. The third-order valence-corrected chi connectivity index (χ3v) is 5.17. The molecule has 1 aliphatic carbocycles. The van der Waals surface area contributed by atoms with E-state index in [1.807, 2.05) is 56.3 Å². The summed E-state index contributed by atoms with van der Waals surface area (Å²) >= 11 is 0. The summed E-state index contributed by atoms with van der Waals surface area (Å²) in [5, 5.41) is 3.93. The zero-order chi connectivity index (χ0) is 21.6. The lowest BCUT2D eigenvalue weighted by atomic mass is 10.0. The number of nitrogens with one attached hydrogen (secondary N) is 1. The van der Waals surface area contributed by atoms with Gasteiger partial charge in [0.1, 0.15) is 11.3 Å². The van der Waals surface area contributed by atoms with Gasteiger partial charge in [0.15, 0.2) is 0 Å². The summed E-state index contributed by atoms with van der Waals surface area (Å²) in [7, 11) is 3.22. The quantitative estimate of drug-likeness (QED) is 0.591. The SMILES string of the molecule is COCC(C)(COC)NC(=O)c1c(C)oc2ccc(C3CC3)cc12.c1ccccc1. The maximum atomic E-state index is 12.9. The highest BCUT2D eigenvalue weighted by Crippen LogP contribution is 2.41. The Kier molecular flexibility index (Phi) is 7.29. The Morgan fingerprint density at radius 3 is 2.13 bits per heavy atom. The molecule has 5 nitrogen and oxygen atoms in total. The number of furan rings is 1. The highest BCUT2D eigenvalue weighted by molar-refractivity contribution is 6.07. The number of aryl methyl sites for hydroxylation is 1. The van der Waals surface area contributed by atoms with E-state index < -0.39 is 5.54 Å². The van der Waals surface area contributed by atoms with E-state index in [0.717, 1.165) is 11.0 Å². The van der Waals surface area contributed by atoms with Crippen LogP contribution in [0.1, 0.15) is 47.4 Å². The highest BCUT2D eigenvalue weighted by Gasteiger charge is 2.30. The molecule has 1 aliphatic rings. The van der Waals surface area contributed by atoms with Crippen molar-refractivity contribution in [3.8, 4) is 0 Å². The van der Waals surface area contributed by atoms with Crippen molar-refractivity contribution in [2.24, 2.45) is 0 Å². The van der Waals surface area contributed by atoms with Gasteiger partial charge in [-0.25, -0.2) is 0 Å². The Morgan fingerprint density at radius 1 is 1.07 bits per heavy atom. The van der Waals surface area contributed by atoms with Gasteiger partial charge < -0.3 is 19.2 Å². The van der Waals surface area contributed by atoms with Crippen LogP contribution in [0, 0.1) is 6.92 Å². The van der Waals surface area contributed by atoms with Crippen molar-refractivity contribution in [1.29, 1.82) is 0 Å². The summed E-state index contributed by atoms with van der Waals surface area (Å²) in [6.07, 6.45) is 2.45. The fourth-order valence-electron chi connectivity index (χ4n) is 3.66. The predicted octanol–water partition coefficient (Wildman–Crippen LogP) is 5.09. The van der Waals surface area contributed by atoms with E-state index in [0.29, 0.717) is 30.5 Å². The normalized spacial score (nSPS) is 13.6. The zero-order valence-electron chi connectivity index (χ0n) is 18.2. The first-order chi connectivity index (χ1) is 14.5. The number of ether oxygens (including phenoxy) is 2. The monoisotopic (exact) mass is 409 g/mol. The second-order valence-corrected chi connectivity index (χ2v) is 8.10. The van der Waals surface area contributed by atoms with Crippen molar-refractivity contribution in [3.05, 3.63) is 71.5 Å². The summed E-state index contributed by atoms with van der Waals surface area (Å²) in [5.41, 5.74) is 2.05. The zero-order valence-corrected chi connectivity index (χ0v) is 18.2. The number of fused-ring (bicyclic) bond motifs is 1. The molecule has 0 atom stereocenters. The fraction of sp³-hybridized carbons (Fsp3) is 0.400. The maximum Gasteiger partial charge on any atom is 0.256 e. The van der Waals surface area contributed by atoms with Crippen LogP contribution in [-0.4, -0.2) is 38.9 Å². The van der Waals surface area contributed by atoms with Gasteiger partial charge in [0.25, 0.3) is 5.91 Å². The Hall–Kier alpha value is -2.63. The fourth-order valence-corrected chi connectivity index (χ4v) is 3.66. The number of hydrogen-bond donors (Lipinski definition) is 1.